The molecule has 0 saturated heterocycles. The molecule has 1 aliphatic rings. The Balaban J connectivity index is 1.90. The van der Waals surface area contributed by atoms with Gasteiger partial charge in [-0.2, -0.15) is 5.10 Å². The second-order valence-corrected chi connectivity index (χ2v) is 4.61. The average molecular weight is 235 g/mol. The number of rotatable bonds is 5. The van der Waals surface area contributed by atoms with Crippen LogP contribution < -0.4 is 5.32 Å². The predicted molar refractivity (Wildman–Crippen MR) is 64.0 cm³/mol. The van der Waals surface area contributed by atoms with E-state index >= 15 is 0 Å². The fraction of sp³-hybridized carbons (Fsp3) is 0.583. The second kappa shape index (κ2) is 5.12. The lowest BCUT2D eigenvalue weighted by Crippen LogP contribution is -2.20. The Bertz CT molecular complexity index is 387. The van der Waals surface area contributed by atoms with E-state index < -0.39 is 5.97 Å². The third kappa shape index (κ3) is 3.15. The van der Waals surface area contributed by atoms with Crippen LogP contribution in [0.2, 0.25) is 0 Å². The number of nitrogens with one attached hydrogen (secondary N) is 1. The molecule has 17 heavy (non-hydrogen) atoms. The first-order chi connectivity index (χ1) is 8.15. The summed E-state index contributed by atoms with van der Waals surface area (Å²) >= 11 is 0. The molecule has 1 aliphatic carbocycles. The summed E-state index contributed by atoms with van der Waals surface area (Å²) < 4.78 is 0. The zero-order valence-corrected chi connectivity index (χ0v) is 9.89. The standard InChI is InChI=1S/C12H17N3O2/c1-8(7-12(16)17)13-11-6-5-10(14-15-11)9-3-2-4-9/h5-6,8-9H,2-4,7H2,1H3,(H,13,15)(H,16,17). The first-order valence-electron chi connectivity index (χ1n) is 5.97. The maximum absolute atomic E-state index is 10.5. The molecule has 1 heterocycles. The van der Waals surface area contributed by atoms with Crippen molar-refractivity contribution in [1.82, 2.24) is 10.2 Å². The van der Waals surface area contributed by atoms with Crippen LogP contribution in [-0.4, -0.2) is 27.3 Å². The van der Waals surface area contributed by atoms with Crippen LogP contribution in [0.3, 0.4) is 0 Å². The van der Waals surface area contributed by atoms with E-state index in [-0.39, 0.29) is 12.5 Å². The molecule has 0 aliphatic heterocycles. The van der Waals surface area contributed by atoms with Gasteiger partial charge in [-0.25, -0.2) is 0 Å². The number of carbonyl (C=O) groups is 1. The quantitative estimate of drug-likeness (QED) is 0.816. The lowest BCUT2D eigenvalue weighted by Gasteiger charge is -2.24. The van der Waals surface area contributed by atoms with Gasteiger partial charge in [0.1, 0.15) is 5.82 Å². The summed E-state index contributed by atoms with van der Waals surface area (Å²) in [4.78, 5) is 10.5. The SMILES string of the molecule is CC(CC(=O)O)Nc1ccc(C2CCC2)nn1. The fourth-order valence-corrected chi connectivity index (χ4v) is 1.91. The highest BCUT2D eigenvalue weighted by Gasteiger charge is 2.21. The third-order valence-electron chi connectivity index (χ3n) is 3.08. The van der Waals surface area contributed by atoms with Crippen molar-refractivity contribution in [3.8, 4) is 0 Å². The third-order valence-corrected chi connectivity index (χ3v) is 3.08. The summed E-state index contributed by atoms with van der Waals surface area (Å²) in [6.45, 7) is 1.82. The van der Waals surface area contributed by atoms with Gasteiger partial charge >= 0.3 is 5.97 Å². The van der Waals surface area contributed by atoms with Crippen molar-refractivity contribution in [2.24, 2.45) is 0 Å². The molecular formula is C12H17N3O2. The largest absolute Gasteiger partial charge is 0.481 e. The van der Waals surface area contributed by atoms with Gasteiger partial charge in [-0.3, -0.25) is 4.79 Å². The number of carboxylic acid groups (broad SMARTS) is 1. The van der Waals surface area contributed by atoms with Crippen molar-refractivity contribution in [3.63, 3.8) is 0 Å². The van der Waals surface area contributed by atoms with Crippen LogP contribution in [0.25, 0.3) is 0 Å². The molecule has 0 amide bonds. The molecule has 1 aromatic heterocycles. The zero-order valence-electron chi connectivity index (χ0n) is 9.89. The molecule has 1 aromatic rings. The van der Waals surface area contributed by atoms with Crippen molar-refractivity contribution in [1.29, 1.82) is 0 Å². The van der Waals surface area contributed by atoms with Gasteiger partial charge in [-0.1, -0.05) is 6.42 Å². The summed E-state index contributed by atoms with van der Waals surface area (Å²) in [5.74, 6) is 0.402. The van der Waals surface area contributed by atoms with Crippen LogP contribution >= 0.6 is 0 Å². The van der Waals surface area contributed by atoms with Crippen LogP contribution in [0, 0.1) is 0 Å². The van der Waals surface area contributed by atoms with Crippen molar-refractivity contribution < 1.29 is 9.90 Å². The highest BCUT2D eigenvalue weighted by Crippen LogP contribution is 2.34. The lowest BCUT2D eigenvalue weighted by atomic mass is 9.83. The van der Waals surface area contributed by atoms with Gasteiger partial charge < -0.3 is 10.4 Å². The molecule has 0 aromatic carbocycles. The summed E-state index contributed by atoms with van der Waals surface area (Å²) in [5.41, 5.74) is 1.05. The first-order valence-corrected chi connectivity index (χ1v) is 5.97. The van der Waals surface area contributed by atoms with Gasteiger partial charge in [0.2, 0.25) is 0 Å². The number of hydrogen-bond acceptors (Lipinski definition) is 4. The molecule has 92 valence electrons. The summed E-state index contributed by atoms with van der Waals surface area (Å²) in [5, 5.41) is 19.9. The minimum absolute atomic E-state index is 0.0755. The second-order valence-electron chi connectivity index (χ2n) is 4.61. The summed E-state index contributed by atoms with van der Waals surface area (Å²) in [6, 6.07) is 3.71. The first kappa shape index (κ1) is 11.8. The Morgan fingerprint density at radius 1 is 1.53 bits per heavy atom. The topological polar surface area (TPSA) is 75.1 Å². The Morgan fingerprint density at radius 3 is 2.76 bits per heavy atom. The number of carboxylic acids is 1. The number of nitrogens with zero attached hydrogens (tertiary/aromatic N) is 2. The average Bonchev–Trinajstić information content (AvgIpc) is 2.16. The van der Waals surface area contributed by atoms with Crippen LogP contribution in [0.5, 0.6) is 0 Å². The van der Waals surface area contributed by atoms with E-state index in [4.69, 9.17) is 5.11 Å². The molecule has 0 spiro atoms. The summed E-state index contributed by atoms with van der Waals surface area (Å²) in [7, 11) is 0. The van der Waals surface area contributed by atoms with E-state index in [0.29, 0.717) is 11.7 Å². The molecule has 2 rings (SSSR count). The van der Waals surface area contributed by atoms with E-state index in [0.717, 1.165) is 5.69 Å². The molecule has 5 nitrogen and oxygen atoms in total. The number of anilines is 1. The molecule has 0 bridgehead atoms. The monoisotopic (exact) mass is 235 g/mol. The van der Waals surface area contributed by atoms with E-state index in [1.165, 1.54) is 19.3 Å². The molecule has 1 saturated carbocycles. The van der Waals surface area contributed by atoms with Crippen molar-refractivity contribution >= 4 is 11.8 Å². The normalized spacial score (nSPS) is 17.2. The zero-order chi connectivity index (χ0) is 12.3. The molecule has 0 radical (unpaired) electrons. The molecule has 1 atom stereocenters. The lowest BCUT2D eigenvalue weighted by molar-refractivity contribution is -0.137. The Labute approximate surface area is 100 Å². The van der Waals surface area contributed by atoms with Crippen LogP contribution in [0.1, 0.15) is 44.2 Å². The van der Waals surface area contributed by atoms with Crippen LogP contribution in [0.4, 0.5) is 5.82 Å². The smallest absolute Gasteiger partial charge is 0.305 e. The predicted octanol–water partition coefficient (Wildman–Crippen LogP) is 2.02. The van der Waals surface area contributed by atoms with Crippen LogP contribution in [0.15, 0.2) is 12.1 Å². The minimum Gasteiger partial charge on any atom is -0.481 e. The summed E-state index contributed by atoms with van der Waals surface area (Å²) in [6.07, 6.45) is 3.77. The maximum atomic E-state index is 10.5. The van der Waals surface area contributed by atoms with Crippen LogP contribution in [-0.2, 0) is 4.79 Å². The fourth-order valence-electron chi connectivity index (χ4n) is 1.91. The molecular weight excluding hydrogens is 218 g/mol. The minimum atomic E-state index is -0.816. The molecule has 1 unspecified atom stereocenters. The van der Waals surface area contributed by atoms with Crippen molar-refractivity contribution in [2.75, 3.05) is 5.32 Å². The number of aliphatic carboxylic acids is 1. The van der Waals surface area contributed by atoms with Gasteiger partial charge in [-0.05, 0) is 31.9 Å². The maximum Gasteiger partial charge on any atom is 0.305 e. The Kier molecular flexibility index (Phi) is 3.56. The van der Waals surface area contributed by atoms with E-state index in [9.17, 15) is 4.79 Å². The van der Waals surface area contributed by atoms with E-state index in [1.807, 2.05) is 19.1 Å². The van der Waals surface area contributed by atoms with Gasteiger partial charge in [0.05, 0.1) is 12.1 Å². The molecule has 2 N–H and O–H groups in total. The van der Waals surface area contributed by atoms with E-state index in [1.54, 1.807) is 0 Å². The van der Waals surface area contributed by atoms with Gasteiger partial charge in [0, 0.05) is 12.0 Å². The van der Waals surface area contributed by atoms with Gasteiger partial charge in [0.25, 0.3) is 0 Å². The van der Waals surface area contributed by atoms with Gasteiger partial charge in [0.15, 0.2) is 0 Å². The molecule has 5 heteroatoms. The highest BCUT2D eigenvalue weighted by molar-refractivity contribution is 5.68. The number of hydrogen-bond donors (Lipinski definition) is 2. The molecule has 1 fully saturated rings. The van der Waals surface area contributed by atoms with Crippen molar-refractivity contribution in [2.45, 2.75) is 44.6 Å². The van der Waals surface area contributed by atoms with Gasteiger partial charge in [-0.15, -0.1) is 5.10 Å². The highest BCUT2D eigenvalue weighted by atomic mass is 16.4. The Hall–Kier alpha value is -1.65. The number of aromatic nitrogens is 2. The van der Waals surface area contributed by atoms with Crippen molar-refractivity contribution in [3.05, 3.63) is 17.8 Å². The Morgan fingerprint density at radius 2 is 2.29 bits per heavy atom. The van der Waals surface area contributed by atoms with E-state index in [2.05, 4.69) is 15.5 Å².